The molecule has 0 atom stereocenters. The van der Waals surface area contributed by atoms with E-state index in [-0.39, 0.29) is 11.7 Å². The highest BCUT2D eigenvalue weighted by molar-refractivity contribution is 7.99. The van der Waals surface area contributed by atoms with Crippen LogP contribution in [0.1, 0.15) is 6.92 Å². The van der Waals surface area contributed by atoms with Crippen LogP contribution in [-0.2, 0) is 11.3 Å². The first-order valence-corrected chi connectivity index (χ1v) is 13.3. The lowest BCUT2D eigenvalue weighted by Crippen LogP contribution is -2.14. The van der Waals surface area contributed by atoms with Gasteiger partial charge < -0.3 is 9.88 Å². The maximum Gasteiger partial charge on any atom is 0.236 e. The number of nitrogens with zero attached hydrogens (tertiary/aromatic N) is 4. The number of thioether (sulfide) groups is 1. The first-order valence-electron chi connectivity index (χ1n) is 10.2. The largest absolute Gasteiger partial charge is 0.302 e. The van der Waals surface area contributed by atoms with E-state index in [0.717, 1.165) is 27.8 Å². The number of halogens is 1. The molecule has 0 aliphatic carbocycles. The Kier molecular flexibility index (Phi) is 6.45. The molecular weight excluding hydrogens is 494 g/mol. The summed E-state index contributed by atoms with van der Waals surface area (Å²) in [7, 11) is 0. The van der Waals surface area contributed by atoms with Crippen LogP contribution in [0.2, 0.25) is 5.02 Å². The van der Waals surface area contributed by atoms with Gasteiger partial charge >= 0.3 is 0 Å². The van der Waals surface area contributed by atoms with Gasteiger partial charge in [0.15, 0.2) is 16.1 Å². The zero-order valence-electron chi connectivity index (χ0n) is 17.5. The van der Waals surface area contributed by atoms with Crippen molar-refractivity contribution in [1.82, 2.24) is 19.7 Å². The average Bonchev–Trinajstić information content (AvgIpc) is 3.56. The molecule has 2 aromatic carbocycles. The molecule has 0 aliphatic heterocycles. The average molecular weight is 512 g/mol. The number of carbonyl (C=O) groups is 1. The molecule has 3 aromatic heterocycles. The zero-order valence-corrected chi connectivity index (χ0v) is 20.7. The van der Waals surface area contributed by atoms with Crippen LogP contribution in [0.15, 0.2) is 64.4 Å². The van der Waals surface area contributed by atoms with Gasteiger partial charge in [-0.1, -0.05) is 53.7 Å². The number of hydrogen-bond acceptors (Lipinski definition) is 7. The summed E-state index contributed by atoms with van der Waals surface area (Å²) in [6.45, 7) is 2.77. The van der Waals surface area contributed by atoms with E-state index in [2.05, 4.69) is 49.5 Å². The highest BCUT2D eigenvalue weighted by Gasteiger charge is 2.18. The van der Waals surface area contributed by atoms with Crippen molar-refractivity contribution in [3.63, 3.8) is 0 Å². The van der Waals surface area contributed by atoms with Crippen molar-refractivity contribution in [1.29, 1.82) is 0 Å². The summed E-state index contributed by atoms with van der Waals surface area (Å²) in [6, 6.07) is 15.7. The number of thiophene rings is 1. The summed E-state index contributed by atoms with van der Waals surface area (Å²) < 4.78 is 3.27. The Morgan fingerprint density at radius 1 is 1.09 bits per heavy atom. The molecule has 0 fully saturated rings. The van der Waals surface area contributed by atoms with Gasteiger partial charge in [-0.25, -0.2) is 4.98 Å². The summed E-state index contributed by atoms with van der Waals surface area (Å²) in [5.41, 5.74) is 2.83. The Labute approximate surface area is 207 Å². The van der Waals surface area contributed by atoms with Gasteiger partial charge in [0, 0.05) is 43.5 Å². The van der Waals surface area contributed by atoms with Crippen LogP contribution in [-0.4, -0.2) is 31.4 Å². The maximum atomic E-state index is 12.5. The Morgan fingerprint density at radius 2 is 1.91 bits per heavy atom. The Bertz CT molecular complexity index is 1420. The van der Waals surface area contributed by atoms with Crippen LogP contribution >= 0.6 is 46.0 Å². The molecule has 6 nitrogen and oxygen atoms in total. The van der Waals surface area contributed by atoms with Crippen molar-refractivity contribution in [3.8, 4) is 22.6 Å². The highest BCUT2D eigenvalue weighted by Crippen LogP contribution is 2.34. The van der Waals surface area contributed by atoms with Gasteiger partial charge in [0.2, 0.25) is 5.91 Å². The van der Waals surface area contributed by atoms with E-state index in [1.807, 2.05) is 41.8 Å². The first kappa shape index (κ1) is 22.1. The molecule has 3 heterocycles. The van der Waals surface area contributed by atoms with Gasteiger partial charge in [0.1, 0.15) is 0 Å². The number of fused-ring (bicyclic) bond motifs is 1. The lowest BCUT2D eigenvalue weighted by Gasteiger charge is -2.07. The number of hydrogen-bond donors (Lipinski definition) is 1. The number of benzene rings is 2. The fourth-order valence-electron chi connectivity index (χ4n) is 3.40. The Hall–Kier alpha value is -2.72. The van der Waals surface area contributed by atoms with Gasteiger partial charge in [0.25, 0.3) is 0 Å². The van der Waals surface area contributed by atoms with Gasteiger partial charge in [-0.05, 0) is 25.1 Å². The fraction of sp³-hybridized carbons (Fsp3) is 0.130. The van der Waals surface area contributed by atoms with Gasteiger partial charge in [0.05, 0.1) is 11.4 Å². The van der Waals surface area contributed by atoms with Crippen LogP contribution in [0.5, 0.6) is 0 Å². The molecule has 0 spiro atoms. The van der Waals surface area contributed by atoms with Crippen molar-refractivity contribution < 1.29 is 4.79 Å². The second-order valence-corrected chi connectivity index (χ2v) is 10.2. The molecule has 1 N–H and O–H groups in total. The Balaban J connectivity index is 1.26. The number of anilines is 1. The number of thiazole rings is 1. The van der Waals surface area contributed by atoms with Crippen molar-refractivity contribution in [2.75, 3.05) is 11.1 Å². The normalized spacial score (nSPS) is 11.2. The van der Waals surface area contributed by atoms with Crippen molar-refractivity contribution >= 4 is 67.2 Å². The van der Waals surface area contributed by atoms with E-state index in [1.54, 1.807) is 11.3 Å². The molecule has 166 valence electrons. The molecule has 33 heavy (non-hydrogen) atoms. The predicted molar refractivity (Wildman–Crippen MR) is 138 cm³/mol. The third-order valence-electron chi connectivity index (χ3n) is 4.98. The number of carbonyl (C=O) groups excluding carboxylic acids is 1. The smallest absolute Gasteiger partial charge is 0.236 e. The second kappa shape index (κ2) is 9.64. The van der Waals surface area contributed by atoms with Crippen molar-refractivity contribution in [2.45, 2.75) is 18.6 Å². The Morgan fingerprint density at radius 3 is 2.73 bits per heavy atom. The maximum absolute atomic E-state index is 12.5. The molecule has 5 rings (SSSR count). The number of rotatable bonds is 7. The van der Waals surface area contributed by atoms with Crippen LogP contribution in [0, 0.1) is 0 Å². The van der Waals surface area contributed by atoms with Crippen LogP contribution in [0.3, 0.4) is 0 Å². The second-order valence-electron chi connectivity index (χ2n) is 7.08. The van der Waals surface area contributed by atoms with Crippen molar-refractivity contribution in [2.24, 2.45) is 0 Å². The summed E-state index contributed by atoms with van der Waals surface area (Å²) in [5, 5.41) is 18.8. The minimum atomic E-state index is -0.134. The van der Waals surface area contributed by atoms with Crippen molar-refractivity contribution in [3.05, 3.63) is 64.3 Å². The van der Waals surface area contributed by atoms with E-state index >= 15 is 0 Å². The monoisotopic (exact) mass is 511 g/mol. The van der Waals surface area contributed by atoms with Crippen LogP contribution < -0.4 is 5.32 Å². The molecule has 1 amide bonds. The SMILES string of the molecule is CCn1c(SCC(=O)Nc2nc(-c3ccc(Cl)cc3)cs2)nnc1-c1csc2ccccc12. The highest BCUT2D eigenvalue weighted by atomic mass is 35.5. The van der Waals surface area contributed by atoms with E-state index in [1.165, 1.54) is 33.2 Å². The first-order chi connectivity index (χ1) is 16.1. The molecule has 0 unspecified atom stereocenters. The van der Waals surface area contributed by atoms with Gasteiger partial charge in [-0.3, -0.25) is 4.79 Å². The minimum absolute atomic E-state index is 0.134. The lowest BCUT2D eigenvalue weighted by molar-refractivity contribution is -0.113. The molecule has 0 radical (unpaired) electrons. The summed E-state index contributed by atoms with van der Waals surface area (Å²) in [6.07, 6.45) is 0. The molecule has 0 saturated carbocycles. The number of aromatic nitrogens is 4. The van der Waals surface area contributed by atoms with E-state index in [4.69, 9.17) is 11.6 Å². The standard InChI is InChI=1S/C23H18ClN5OS3/c1-2-29-21(17-11-31-19-6-4-3-5-16(17)19)27-28-23(29)33-13-20(30)26-22-25-18(12-32-22)14-7-9-15(24)10-8-14/h3-12H,2,13H2,1H3,(H,25,26,30). The van der Waals surface area contributed by atoms with Crippen LogP contribution in [0.25, 0.3) is 32.7 Å². The predicted octanol–water partition coefficient (Wildman–Crippen LogP) is 6.69. The summed E-state index contributed by atoms with van der Waals surface area (Å²) in [4.78, 5) is 17.1. The quantitative estimate of drug-likeness (QED) is 0.246. The van der Waals surface area contributed by atoms with E-state index in [9.17, 15) is 4.79 Å². The molecule has 0 bridgehead atoms. The minimum Gasteiger partial charge on any atom is -0.302 e. The summed E-state index contributed by atoms with van der Waals surface area (Å²) in [5.74, 6) is 0.911. The van der Waals surface area contributed by atoms with Gasteiger partial charge in [-0.15, -0.1) is 32.9 Å². The zero-order chi connectivity index (χ0) is 22.8. The molecular formula is C23H18ClN5OS3. The third-order valence-corrected chi connectivity index (χ3v) is 7.92. The number of nitrogens with one attached hydrogen (secondary N) is 1. The number of amides is 1. The third kappa shape index (κ3) is 4.67. The molecule has 0 saturated heterocycles. The molecule has 0 aliphatic rings. The van der Waals surface area contributed by atoms with E-state index < -0.39 is 0 Å². The fourth-order valence-corrected chi connectivity index (χ4v) is 6.00. The molecule has 5 aromatic rings. The van der Waals surface area contributed by atoms with Gasteiger partial charge in [-0.2, -0.15) is 0 Å². The van der Waals surface area contributed by atoms with Crippen LogP contribution in [0.4, 0.5) is 5.13 Å². The molecule has 10 heteroatoms. The topological polar surface area (TPSA) is 72.7 Å². The summed E-state index contributed by atoms with van der Waals surface area (Å²) >= 11 is 10.4. The van der Waals surface area contributed by atoms with E-state index in [0.29, 0.717) is 16.7 Å². The lowest BCUT2D eigenvalue weighted by atomic mass is 10.1.